The Kier molecular flexibility index (Phi) is 5.85. The highest BCUT2D eigenvalue weighted by Gasteiger charge is 2.08. The minimum absolute atomic E-state index is 0.141. The van der Waals surface area contributed by atoms with Crippen molar-refractivity contribution in [3.63, 3.8) is 0 Å². The molecule has 0 unspecified atom stereocenters. The highest BCUT2D eigenvalue weighted by Crippen LogP contribution is 2.24. The van der Waals surface area contributed by atoms with Gasteiger partial charge in [0.2, 0.25) is 0 Å². The maximum absolute atomic E-state index is 11.4. The number of carboxylic acids is 1. The summed E-state index contributed by atoms with van der Waals surface area (Å²) >= 11 is 0. The van der Waals surface area contributed by atoms with Crippen molar-refractivity contribution in [2.24, 2.45) is 0 Å². The lowest BCUT2D eigenvalue weighted by Crippen LogP contribution is -2.29. The summed E-state index contributed by atoms with van der Waals surface area (Å²) in [6, 6.07) is 5.30. The molecule has 0 aliphatic heterocycles. The number of aryl methyl sites for hydroxylation is 1. The van der Waals surface area contributed by atoms with Crippen LogP contribution < -0.4 is 10.1 Å². The summed E-state index contributed by atoms with van der Waals surface area (Å²) in [7, 11) is 0. The number of carboxylic acid groups (broad SMARTS) is 1. The van der Waals surface area contributed by atoms with E-state index in [1.165, 1.54) is 6.08 Å². The third-order valence-electron chi connectivity index (χ3n) is 2.38. The topological polar surface area (TPSA) is 75.6 Å². The molecule has 5 heteroatoms. The number of terminal acetylenes is 1. The first-order chi connectivity index (χ1) is 9.54. The van der Waals surface area contributed by atoms with E-state index in [0.29, 0.717) is 11.3 Å². The molecule has 0 fully saturated rings. The summed E-state index contributed by atoms with van der Waals surface area (Å²) < 4.78 is 5.43. The minimum Gasteiger partial charge on any atom is -0.483 e. The van der Waals surface area contributed by atoms with Crippen LogP contribution in [0.15, 0.2) is 24.3 Å². The fraction of sp³-hybridized carbons (Fsp3) is 0.200. The number of benzene rings is 1. The van der Waals surface area contributed by atoms with Crippen molar-refractivity contribution in [1.29, 1.82) is 0 Å². The largest absolute Gasteiger partial charge is 0.483 e. The quantitative estimate of drug-likeness (QED) is 0.603. The van der Waals surface area contributed by atoms with E-state index in [1.807, 2.05) is 13.0 Å². The zero-order valence-corrected chi connectivity index (χ0v) is 11.1. The van der Waals surface area contributed by atoms with Crippen LogP contribution in [0.1, 0.15) is 11.1 Å². The van der Waals surface area contributed by atoms with E-state index in [1.54, 1.807) is 12.1 Å². The first kappa shape index (κ1) is 15.3. The van der Waals surface area contributed by atoms with Crippen molar-refractivity contribution in [3.05, 3.63) is 35.4 Å². The number of amides is 1. The van der Waals surface area contributed by atoms with Gasteiger partial charge in [0.05, 0.1) is 6.54 Å². The van der Waals surface area contributed by atoms with E-state index in [4.69, 9.17) is 16.3 Å². The first-order valence-corrected chi connectivity index (χ1v) is 5.88. The second-order valence-electron chi connectivity index (χ2n) is 3.93. The predicted octanol–water partition coefficient (Wildman–Crippen LogP) is 1.22. The van der Waals surface area contributed by atoms with Gasteiger partial charge in [-0.05, 0) is 18.6 Å². The lowest BCUT2D eigenvalue weighted by Gasteiger charge is -2.11. The Morgan fingerprint density at radius 1 is 1.50 bits per heavy atom. The van der Waals surface area contributed by atoms with Gasteiger partial charge in [0.1, 0.15) is 5.75 Å². The Labute approximate surface area is 117 Å². The van der Waals surface area contributed by atoms with Gasteiger partial charge in [-0.15, -0.1) is 6.42 Å². The summed E-state index contributed by atoms with van der Waals surface area (Å²) in [4.78, 5) is 22.0. The molecule has 2 N–H and O–H groups in total. The Bertz CT molecular complexity index is 570. The van der Waals surface area contributed by atoms with Crippen molar-refractivity contribution in [3.8, 4) is 18.1 Å². The van der Waals surface area contributed by atoms with Crippen molar-refractivity contribution < 1.29 is 19.4 Å². The number of aliphatic carboxylic acids is 1. The maximum atomic E-state index is 11.4. The van der Waals surface area contributed by atoms with Crippen LogP contribution in [0.2, 0.25) is 0 Å². The van der Waals surface area contributed by atoms with Crippen LogP contribution in [-0.2, 0) is 9.59 Å². The highest BCUT2D eigenvalue weighted by molar-refractivity contribution is 5.86. The molecular weight excluding hydrogens is 258 g/mol. The van der Waals surface area contributed by atoms with Crippen LogP contribution >= 0.6 is 0 Å². The molecule has 5 nitrogen and oxygen atoms in total. The van der Waals surface area contributed by atoms with Crippen LogP contribution in [0.3, 0.4) is 0 Å². The van der Waals surface area contributed by atoms with E-state index in [9.17, 15) is 9.59 Å². The third-order valence-corrected chi connectivity index (χ3v) is 2.38. The molecule has 0 spiro atoms. The number of carbonyl (C=O) groups excluding carboxylic acids is 1. The molecule has 1 aromatic rings. The molecule has 0 bridgehead atoms. The van der Waals surface area contributed by atoms with E-state index < -0.39 is 5.97 Å². The molecule has 1 aromatic carbocycles. The van der Waals surface area contributed by atoms with Gasteiger partial charge in [-0.2, -0.15) is 0 Å². The highest BCUT2D eigenvalue weighted by atomic mass is 16.5. The second kappa shape index (κ2) is 7.64. The number of hydrogen-bond acceptors (Lipinski definition) is 3. The summed E-state index contributed by atoms with van der Waals surface area (Å²) in [5.74, 6) is 1.38. The second-order valence-corrected chi connectivity index (χ2v) is 3.93. The first-order valence-electron chi connectivity index (χ1n) is 5.88. The molecule has 0 saturated carbocycles. The molecule has 0 aliphatic rings. The molecule has 1 amide bonds. The van der Waals surface area contributed by atoms with Crippen molar-refractivity contribution in [1.82, 2.24) is 5.32 Å². The number of hydrogen-bond donors (Lipinski definition) is 2. The molecule has 0 aromatic heterocycles. The number of rotatable bonds is 6. The van der Waals surface area contributed by atoms with Crippen LogP contribution in [0.25, 0.3) is 6.08 Å². The molecule has 0 saturated heterocycles. The standard InChI is InChI=1S/C15H15NO4/c1-3-9-16-13(17)10-20-15-11(2)5-4-6-12(15)7-8-14(18)19/h1,4-8H,9-10H2,2H3,(H,16,17)(H,18,19)/b8-7+. The monoisotopic (exact) mass is 273 g/mol. The average Bonchev–Trinajstić information content (AvgIpc) is 2.41. The van der Waals surface area contributed by atoms with Crippen molar-refractivity contribution >= 4 is 18.0 Å². The summed E-state index contributed by atoms with van der Waals surface area (Å²) in [6.45, 7) is 1.77. The van der Waals surface area contributed by atoms with Gasteiger partial charge in [-0.1, -0.05) is 24.1 Å². The smallest absolute Gasteiger partial charge is 0.328 e. The number of nitrogens with one attached hydrogen (secondary N) is 1. The lowest BCUT2D eigenvalue weighted by molar-refractivity contribution is -0.131. The fourth-order valence-electron chi connectivity index (χ4n) is 1.50. The Balaban J connectivity index is 2.80. The van der Waals surface area contributed by atoms with E-state index >= 15 is 0 Å². The Morgan fingerprint density at radius 3 is 2.90 bits per heavy atom. The maximum Gasteiger partial charge on any atom is 0.328 e. The minimum atomic E-state index is -1.05. The van der Waals surface area contributed by atoms with Crippen LogP contribution in [0.5, 0.6) is 5.75 Å². The number of ether oxygens (including phenoxy) is 1. The summed E-state index contributed by atoms with van der Waals surface area (Å²) in [5.41, 5.74) is 1.40. The van der Waals surface area contributed by atoms with Gasteiger partial charge in [0.25, 0.3) is 5.91 Å². The zero-order valence-electron chi connectivity index (χ0n) is 11.1. The summed E-state index contributed by atoms with van der Waals surface area (Å²) in [6.07, 6.45) is 7.46. The van der Waals surface area contributed by atoms with Crippen molar-refractivity contribution in [2.75, 3.05) is 13.2 Å². The van der Waals surface area contributed by atoms with Gasteiger partial charge in [0.15, 0.2) is 6.61 Å². The molecule has 0 heterocycles. The lowest BCUT2D eigenvalue weighted by atomic mass is 10.1. The predicted molar refractivity (Wildman–Crippen MR) is 75.2 cm³/mol. The molecule has 0 aliphatic carbocycles. The van der Waals surface area contributed by atoms with Crippen LogP contribution in [0, 0.1) is 19.3 Å². The van der Waals surface area contributed by atoms with Crippen LogP contribution in [-0.4, -0.2) is 30.1 Å². The van der Waals surface area contributed by atoms with Gasteiger partial charge in [0, 0.05) is 11.6 Å². The molecule has 1 rings (SSSR count). The van der Waals surface area contributed by atoms with E-state index in [2.05, 4.69) is 11.2 Å². The van der Waals surface area contributed by atoms with E-state index in [0.717, 1.165) is 11.6 Å². The molecule has 0 atom stereocenters. The van der Waals surface area contributed by atoms with Gasteiger partial charge >= 0.3 is 5.97 Å². The SMILES string of the molecule is C#CCNC(=O)COc1c(C)cccc1/C=C/C(=O)O. The third kappa shape index (κ3) is 4.86. The number of para-hydroxylation sites is 1. The summed E-state index contributed by atoms with van der Waals surface area (Å²) in [5, 5.41) is 11.1. The van der Waals surface area contributed by atoms with Gasteiger partial charge in [-0.3, -0.25) is 4.79 Å². The van der Waals surface area contributed by atoms with Crippen molar-refractivity contribution in [2.45, 2.75) is 6.92 Å². The molecule has 20 heavy (non-hydrogen) atoms. The fourth-order valence-corrected chi connectivity index (χ4v) is 1.50. The Hall–Kier alpha value is -2.74. The normalized spacial score (nSPS) is 10.0. The number of carbonyl (C=O) groups is 2. The van der Waals surface area contributed by atoms with Crippen LogP contribution in [0.4, 0.5) is 0 Å². The molecule has 0 radical (unpaired) electrons. The zero-order chi connectivity index (χ0) is 15.0. The molecule has 104 valence electrons. The Morgan fingerprint density at radius 2 is 2.25 bits per heavy atom. The van der Waals surface area contributed by atoms with E-state index in [-0.39, 0.29) is 19.1 Å². The van der Waals surface area contributed by atoms with Gasteiger partial charge in [-0.25, -0.2) is 4.79 Å². The molecular formula is C15H15NO4. The van der Waals surface area contributed by atoms with Gasteiger partial charge < -0.3 is 15.2 Å². The average molecular weight is 273 g/mol.